The number of nitrogens with zero attached hydrogens (tertiary/aromatic N) is 3. The van der Waals surface area contributed by atoms with E-state index < -0.39 is 31.2 Å². The van der Waals surface area contributed by atoms with E-state index in [1.54, 1.807) is 5.32 Å². The number of carbonyl (C=O) groups excluding carboxylic acids is 2. The third-order valence-corrected chi connectivity index (χ3v) is 1.70. The summed E-state index contributed by atoms with van der Waals surface area (Å²) < 4.78 is 40.8. The number of anilines is 1. The summed E-state index contributed by atoms with van der Waals surface area (Å²) in [5.74, 6) is -1.95. The van der Waals surface area contributed by atoms with Gasteiger partial charge in [0.15, 0.2) is 6.61 Å². The van der Waals surface area contributed by atoms with Crippen LogP contribution in [0, 0.1) is 0 Å². The topological polar surface area (TPSA) is 112 Å². The second-order valence-corrected chi connectivity index (χ2v) is 3.35. The molecule has 0 unspecified atom stereocenters. The number of alkyl halides is 3. The lowest BCUT2D eigenvalue weighted by Gasteiger charge is -2.08. The van der Waals surface area contributed by atoms with Crippen LogP contribution in [0.1, 0.15) is 0 Å². The molecule has 0 spiro atoms. The Morgan fingerprint density at radius 1 is 1.47 bits per heavy atom. The van der Waals surface area contributed by atoms with Crippen LogP contribution in [0.15, 0.2) is 6.33 Å². The molecule has 0 aliphatic carbocycles. The fraction of sp³-hybridized carbons (Fsp3) is 0.500. The Bertz CT molecular complexity index is 459. The standard InChI is InChI=1S/C8H10F3N5O3/c9-8(10,11)3-13-5(17)2-19-6(18)1-16-4-14-7(12)15-16/h4H,1-3H2,(H2,12,15)(H,13,17). The number of hydrogen-bond donors (Lipinski definition) is 2. The second kappa shape index (κ2) is 6.02. The fourth-order valence-corrected chi connectivity index (χ4v) is 0.959. The summed E-state index contributed by atoms with van der Waals surface area (Å²) in [4.78, 5) is 25.6. The lowest BCUT2D eigenvalue weighted by Crippen LogP contribution is -2.36. The maximum atomic E-state index is 11.8. The third kappa shape index (κ3) is 6.24. The zero-order valence-corrected chi connectivity index (χ0v) is 9.48. The van der Waals surface area contributed by atoms with Gasteiger partial charge in [0.25, 0.3) is 5.91 Å². The first-order valence-electron chi connectivity index (χ1n) is 4.90. The number of nitrogen functional groups attached to an aromatic ring is 1. The molecule has 1 aromatic heterocycles. The number of esters is 1. The van der Waals surface area contributed by atoms with Crippen molar-refractivity contribution in [1.29, 1.82) is 0 Å². The summed E-state index contributed by atoms with van der Waals surface area (Å²) in [6, 6.07) is 0. The van der Waals surface area contributed by atoms with Crippen LogP contribution in [0.25, 0.3) is 0 Å². The lowest BCUT2D eigenvalue weighted by molar-refractivity contribution is -0.151. The Labute approximate surface area is 104 Å². The lowest BCUT2D eigenvalue weighted by atomic mass is 10.5. The highest BCUT2D eigenvalue weighted by atomic mass is 19.4. The quantitative estimate of drug-likeness (QED) is 0.675. The number of halogens is 3. The van der Waals surface area contributed by atoms with E-state index in [0.717, 1.165) is 4.68 Å². The summed E-state index contributed by atoms with van der Waals surface area (Å²) in [6.07, 6.45) is -3.35. The molecule has 3 N–H and O–H groups in total. The van der Waals surface area contributed by atoms with Gasteiger partial charge in [0, 0.05) is 0 Å². The van der Waals surface area contributed by atoms with Crippen LogP contribution in [0.4, 0.5) is 19.1 Å². The van der Waals surface area contributed by atoms with Crippen molar-refractivity contribution in [2.24, 2.45) is 0 Å². The van der Waals surface area contributed by atoms with E-state index in [9.17, 15) is 22.8 Å². The predicted octanol–water partition coefficient (Wildman–Crippen LogP) is -0.918. The van der Waals surface area contributed by atoms with Gasteiger partial charge in [-0.05, 0) is 0 Å². The third-order valence-electron chi connectivity index (χ3n) is 1.70. The van der Waals surface area contributed by atoms with Crippen LogP contribution in [-0.4, -0.2) is 46.0 Å². The van der Waals surface area contributed by atoms with Gasteiger partial charge in [-0.25, -0.2) is 9.67 Å². The van der Waals surface area contributed by atoms with Gasteiger partial charge in [-0.1, -0.05) is 0 Å². The van der Waals surface area contributed by atoms with E-state index >= 15 is 0 Å². The van der Waals surface area contributed by atoms with Gasteiger partial charge in [0.1, 0.15) is 19.4 Å². The number of nitrogens with two attached hydrogens (primary N) is 1. The van der Waals surface area contributed by atoms with Crippen LogP contribution in [0.3, 0.4) is 0 Å². The Hall–Kier alpha value is -2.33. The average Bonchev–Trinajstić information content (AvgIpc) is 2.68. The first-order chi connectivity index (χ1) is 8.76. The molecular weight excluding hydrogens is 271 g/mol. The number of ether oxygens (including phenoxy) is 1. The van der Waals surface area contributed by atoms with E-state index in [1.165, 1.54) is 6.33 Å². The Balaban J connectivity index is 2.25. The highest BCUT2D eigenvalue weighted by Crippen LogP contribution is 2.11. The van der Waals surface area contributed by atoms with E-state index in [0.29, 0.717) is 0 Å². The zero-order chi connectivity index (χ0) is 14.5. The number of nitrogens with one attached hydrogen (secondary N) is 1. The molecule has 11 heteroatoms. The molecule has 0 radical (unpaired) electrons. The van der Waals surface area contributed by atoms with E-state index in [4.69, 9.17) is 5.73 Å². The fourth-order valence-electron chi connectivity index (χ4n) is 0.959. The van der Waals surface area contributed by atoms with Gasteiger partial charge in [-0.2, -0.15) is 13.2 Å². The van der Waals surface area contributed by atoms with Crippen molar-refractivity contribution in [2.45, 2.75) is 12.7 Å². The molecule has 19 heavy (non-hydrogen) atoms. The van der Waals surface area contributed by atoms with Gasteiger partial charge >= 0.3 is 12.1 Å². The number of carbonyl (C=O) groups is 2. The largest absolute Gasteiger partial charge is 0.454 e. The molecule has 0 saturated carbocycles. The first kappa shape index (κ1) is 14.7. The summed E-state index contributed by atoms with van der Waals surface area (Å²) in [5.41, 5.74) is 5.19. The molecule has 0 aliphatic heterocycles. The highest BCUT2D eigenvalue weighted by molar-refractivity contribution is 5.80. The van der Waals surface area contributed by atoms with Gasteiger partial charge in [0.05, 0.1) is 0 Å². The van der Waals surface area contributed by atoms with Crippen molar-refractivity contribution in [2.75, 3.05) is 18.9 Å². The second-order valence-electron chi connectivity index (χ2n) is 3.35. The molecule has 0 bridgehead atoms. The normalized spacial score (nSPS) is 11.1. The minimum Gasteiger partial charge on any atom is -0.454 e. The maximum Gasteiger partial charge on any atom is 0.405 e. The van der Waals surface area contributed by atoms with Crippen molar-refractivity contribution in [3.05, 3.63) is 6.33 Å². The molecule has 1 amide bonds. The van der Waals surface area contributed by atoms with Gasteiger partial charge < -0.3 is 15.8 Å². The molecule has 106 valence electrons. The first-order valence-corrected chi connectivity index (χ1v) is 4.90. The van der Waals surface area contributed by atoms with Crippen LogP contribution in [-0.2, 0) is 20.9 Å². The van der Waals surface area contributed by atoms with Crippen molar-refractivity contribution in [3.8, 4) is 0 Å². The smallest absolute Gasteiger partial charge is 0.405 e. The average molecular weight is 281 g/mol. The molecule has 0 saturated heterocycles. The summed E-state index contributed by atoms with van der Waals surface area (Å²) >= 11 is 0. The molecule has 8 nitrogen and oxygen atoms in total. The number of rotatable bonds is 5. The maximum absolute atomic E-state index is 11.8. The van der Waals surface area contributed by atoms with Gasteiger partial charge in [-0.15, -0.1) is 5.10 Å². The number of hydrogen-bond acceptors (Lipinski definition) is 6. The highest BCUT2D eigenvalue weighted by Gasteiger charge is 2.27. The van der Waals surface area contributed by atoms with Crippen molar-refractivity contribution in [1.82, 2.24) is 20.1 Å². The van der Waals surface area contributed by atoms with Gasteiger partial charge in [0.2, 0.25) is 5.95 Å². The van der Waals surface area contributed by atoms with Crippen molar-refractivity contribution in [3.63, 3.8) is 0 Å². The SMILES string of the molecule is Nc1ncn(CC(=O)OCC(=O)NCC(F)(F)F)n1. The summed E-state index contributed by atoms with van der Waals surface area (Å²) in [6.45, 7) is -2.64. The number of aromatic nitrogens is 3. The molecule has 1 heterocycles. The molecular formula is C8H10F3N5O3. The van der Waals surface area contributed by atoms with E-state index in [2.05, 4.69) is 14.8 Å². The van der Waals surface area contributed by atoms with Crippen LogP contribution >= 0.6 is 0 Å². The molecule has 0 aromatic carbocycles. The number of amides is 1. The minimum atomic E-state index is -4.52. The summed E-state index contributed by atoms with van der Waals surface area (Å²) in [5, 5.41) is 5.13. The molecule has 0 fully saturated rings. The Morgan fingerprint density at radius 3 is 2.68 bits per heavy atom. The van der Waals surface area contributed by atoms with Crippen LogP contribution in [0.5, 0.6) is 0 Å². The molecule has 0 atom stereocenters. The van der Waals surface area contributed by atoms with Crippen LogP contribution < -0.4 is 11.1 Å². The van der Waals surface area contributed by atoms with E-state index in [1.807, 2.05) is 0 Å². The zero-order valence-electron chi connectivity index (χ0n) is 9.48. The molecule has 0 aliphatic rings. The van der Waals surface area contributed by atoms with Gasteiger partial charge in [-0.3, -0.25) is 9.59 Å². The molecule has 1 aromatic rings. The summed E-state index contributed by atoms with van der Waals surface area (Å²) in [7, 11) is 0. The van der Waals surface area contributed by atoms with Crippen LogP contribution in [0.2, 0.25) is 0 Å². The van der Waals surface area contributed by atoms with E-state index in [-0.39, 0.29) is 12.5 Å². The van der Waals surface area contributed by atoms with Crippen molar-refractivity contribution >= 4 is 17.8 Å². The minimum absolute atomic E-state index is 0.0456. The Morgan fingerprint density at radius 2 is 2.16 bits per heavy atom. The monoisotopic (exact) mass is 281 g/mol. The molecule has 1 rings (SSSR count). The Kier molecular flexibility index (Phi) is 4.67. The van der Waals surface area contributed by atoms with Crippen molar-refractivity contribution < 1.29 is 27.5 Å². The predicted molar refractivity (Wildman–Crippen MR) is 54.5 cm³/mol.